The molecule has 2 amide bonds. The number of nitrogens with zero attached hydrogens (tertiary/aromatic N) is 1. The molecule has 0 bridgehead atoms. The molecular weight excluding hydrogens is 308 g/mol. The topological polar surface area (TPSA) is 89.9 Å². The van der Waals surface area contributed by atoms with Gasteiger partial charge in [-0.25, -0.2) is 0 Å². The second kappa shape index (κ2) is 7.32. The van der Waals surface area contributed by atoms with Gasteiger partial charge < -0.3 is 20.4 Å². The van der Waals surface area contributed by atoms with Gasteiger partial charge in [-0.15, -0.1) is 0 Å². The van der Waals surface area contributed by atoms with E-state index in [2.05, 4.69) is 5.32 Å². The average Bonchev–Trinajstić information content (AvgIpc) is 2.97. The molecule has 0 spiro atoms. The predicted molar refractivity (Wildman–Crippen MR) is 89.1 cm³/mol. The van der Waals surface area contributed by atoms with E-state index in [1.807, 2.05) is 30.3 Å². The minimum atomic E-state index is -0.682. The monoisotopic (exact) mass is 332 g/mol. The van der Waals surface area contributed by atoms with Gasteiger partial charge in [-0.05, 0) is 36.8 Å². The first-order chi connectivity index (χ1) is 11.5. The van der Waals surface area contributed by atoms with Gasteiger partial charge in [0.1, 0.15) is 0 Å². The molecule has 3 rings (SSSR count). The summed E-state index contributed by atoms with van der Waals surface area (Å²) in [6.45, 7) is 1.24. The molecule has 1 saturated carbocycles. The molecule has 0 radical (unpaired) electrons. The van der Waals surface area contributed by atoms with Crippen LogP contribution in [0.2, 0.25) is 0 Å². The van der Waals surface area contributed by atoms with E-state index in [0.717, 1.165) is 5.69 Å². The van der Waals surface area contributed by atoms with Gasteiger partial charge in [0.25, 0.3) is 0 Å². The number of carbonyl (C=O) groups is 2. The van der Waals surface area contributed by atoms with Crippen LogP contribution in [0, 0.1) is 11.8 Å². The molecule has 1 aliphatic heterocycles. The van der Waals surface area contributed by atoms with Crippen molar-refractivity contribution in [3.05, 3.63) is 30.3 Å². The number of fused-ring (bicyclic) bond motifs is 1. The normalized spacial score (nSPS) is 29.2. The van der Waals surface area contributed by atoms with E-state index < -0.39 is 12.2 Å². The lowest BCUT2D eigenvalue weighted by molar-refractivity contribution is -0.132. The number of hydrogen-bond acceptors (Lipinski definition) is 4. The molecule has 1 aromatic carbocycles. The summed E-state index contributed by atoms with van der Waals surface area (Å²) in [4.78, 5) is 26.0. The highest BCUT2D eigenvalue weighted by Gasteiger charge is 2.42. The van der Waals surface area contributed by atoms with Crippen LogP contribution in [0.1, 0.15) is 25.7 Å². The van der Waals surface area contributed by atoms with Crippen molar-refractivity contribution in [3.8, 4) is 0 Å². The number of likely N-dealkylation sites (tertiary alicyclic amines) is 1. The van der Waals surface area contributed by atoms with E-state index >= 15 is 0 Å². The van der Waals surface area contributed by atoms with Crippen LogP contribution in [-0.2, 0) is 9.59 Å². The fourth-order valence-corrected chi connectivity index (χ4v) is 3.73. The first kappa shape index (κ1) is 16.9. The van der Waals surface area contributed by atoms with Crippen molar-refractivity contribution >= 4 is 17.5 Å². The van der Waals surface area contributed by atoms with Crippen LogP contribution in [0.25, 0.3) is 0 Å². The number of aliphatic hydroxyl groups excluding tert-OH is 2. The Kier molecular flexibility index (Phi) is 5.16. The molecule has 130 valence electrons. The Morgan fingerprint density at radius 1 is 1.00 bits per heavy atom. The lowest BCUT2D eigenvalue weighted by Crippen LogP contribution is -2.38. The van der Waals surface area contributed by atoms with Gasteiger partial charge in [0.05, 0.1) is 12.2 Å². The summed E-state index contributed by atoms with van der Waals surface area (Å²) in [5, 5.41) is 22.3. The van der Waals surface area contributed by atoms with Crippen molar-refractivity contribution in [1.29, 1.82) is 0 Å². The van der Waals surface area contributed by atoms with Crippen LogP contribution < -0.4 is 5.32 Å². The molecule has 4 unspecified atom stereocenters. The van der Waals surface area contributed by atoms with Gasteiger partial charge in [0.15, 0.2) is 0 Å². The largest absolute Gasteiger partial charge is 0.390 e. The van der Waals surface area contributed by atoms with Crippen molar-refractivity contribution in [3.63, 3.8) is 0 Å². The minimum Gasteiger partial charge on any atom is -0.390 e. The lowest BCUT2D eigenvalue weighted by Gasteiger charge is -2.31. The number of benzene rings is 1. The molecule has 2 aliphatic rings. The highest BCUT2D eigenvalue weighted by molar-refractivity contribution is 5.93. The Labute approximate surface area is 141 Å². The molecule has 1 aromatic rings. The molecule has 1 saturated heterocycles. The first-order valence-electron chi connectivity index (χ1n) is 8.51. The van der Waals surface area contributed by atoms with Crippen LogP contribution in [-0.4, -0.2) is 52.2 Å². The number of amides is 2. The van der Waals surface area contributed by atoms with Crippen LogP contribution in [0.15, 0.2) is 30.3 Å². The number of rotatable bonds is 4. The fourth-order valence-electron chi connectivity index (χ4n) is 3.73. The second-order valence-electron chi connectivity index (χ2n) is 6.84. The highest BCUT2D eigenvalue weighted by atomic mass is 16.3. The quantitative estimate of drug-likeness (QED) is 0.767. The maximum absolute atomic E-state index is 12.3. The summed E-state index contributed by atoms with van der Waals surface area (Å²) in [6.07, 6.45) is 0.0679. The van der Waals surface area contributed by atoms with E-state index in [4.69, 9.17) is 0 Å². The van der Waals surface area contributed by atoms with Crippen molar-refractivity contribution in [2.75, 3.05) is 18.4 Å². The van der Waals surface area contributed by atoms with E-state index in [-0.39, 0.29) is 36.5 Å². The molecule has 4 atom stereocenters. The average molecular weight is 332 g/mol. The Balaban J connectivity index is 1.45. The molecule has 2 fully saturated rings. The summed E-state index contributed by atoms with van der Waals surface area (Å²) in [5.74, 6) is 0.310. The summed E-state index contributed by atoms with van der Waals surface area (Å²) < 4.78 is 0. The lowest BCUT2D eigenvalue weighted by atomic mass is 9.79. The maximum atomic E-state index is 12.3. The third-order valence-corrected chi connectivity index (χ3v) is 5.09. The third kappa shape index (κ3) is 3.94. The van der Waals surface area contributed by atoms with Crippen LogP contribution >= 0.6 is 0 Å². The number of para-hydroxylation sites is 1. The van der Waals surface area contributed by atoms with Gasteiger partial charge in [-0.2, -0.15) is 0 Å². The highest BCUT2D eigenvalue weighted by Crippen LogP contribution is 2.36. The van der Waals surface area contributed by atoms with Crippen LogP contribution in [0.4, 0.5) is 5.69 Å². The van der Waals surface area contributed by atoms with Gasteiger partial charge in [0, 0.05) is 31.6 Å². The van der Waals surface area contributed by atoms with Crippen molar-refractivity contribution in [2.45, 2.75) is 37.9 Å². The van der Waals surface area contributed by atoms with Crippen LogP contribution in [0.5, 0.6) is 0 Å². The van der Waals surface area contributed by atoms with Gasteiger partial charge in [-0.1, -0.05) is 18.2 Å². The Morgan fingerprint density at radius 2 is 1.58 bits per heavy atom. The Hall–Kier alpha value is -1.92. The number of anilines is 1. The van der Waals surface area contributed by atoms with E-state index in [9.17, 15) is 19.8 Å². The maximum Gasteiger partial charge on any atom is 0.224 e. The molecule has 1 heterocycles. The molecule has 3 N–H and O–H groups in total. The zero-order valence-corrected chi connectivity index (χ0v) is 13.6. The zero-order valence-electron chi connectivity index (χ0n) is 13.6. The number of hydrogen-bond donors (Lipinski definition) is 3. The number of aliphatic hydroxyl groups is 2. The summed E-state index contributed by atoms with van der Waals surface area (Å²) in [5.41, 5.74) is 0.727. The fraction of sp³-hybridized carbons (Fsp3) is 0.556. The van der Waals surface area contributed by atoms with Gasteiger partial charge >= 0.3 is 0 Å². The van der Waals surface area contributed by atoms with Crippen molar-refractivity contribution in [1.82, 2.24) is 4.90 Å². The summed E-state index contributed by atoms with van der Waals surface area (Å²) in [6, 6.07) is 9.17. The second-order valence-corrected chi connectivity index (χ2v) is 6.84. The Morgan fingerprint density at radius 3 is 2.17 bits per heavy atom. The van der Waals surface area contributed by atoms with E-state index in [1.165, 1.54) is 0 Å². The molecule has 1 aliphatic carbocycles. The summed E-state index contributed by atoms with van der Waals surface area (Å²) in [7, 11) is 0. The molecule has 6 nitrogen and oxygen atoms in total. The summed E-state index contributed by atoms with van der Waals surface area (Å²) >= 11 is 0. The van der Waals surface area contributed by atoms with Gasteiger partial charge in [0.2, 0.25) is 11.8 Å². The van der Waals surface area contributed by atoms with Crippen molar-refractivity contribution in [2.24, 2.45) is 11.8 Å². The van der Waals surface area contributed by atoms with Crippen LogP contribution in [0.3, 0.4) is 0 Å². The smallest absolute Gasteiger partial charge is 0.224 e. The molecule has 6 heteroatoms. The van der Waals surface area contributed by atoms with E-state index in [0.29, 0.717) is 25.9 Å². The Bertz CT molecular complexity index is 574. The molecule has 0 aromatic heterocycles. The number of carbonyl (C=O) groups excluding carboxylic acids is 2. The standard InChI is InChI=1S/C18H24N2O4/c21-15-8-12-10-20(11-13(12)9-16(15)22)18(24)7-6-17(23)19-14-4-2-1-3-5-14/h1-5,12-13,15-16,21-22H,6-11H2,(H,19,23). The molecule has 24 heavy (non-hydrogen) atoms. The van der Waals surface area contributed by atoms with Crippen molar-refractivity contribution < 1.29 is 19.8 Å². The van der Waals surface area contributed by atoms with E-state index in [1.54, 1.807) is 4.90 Å². The molecular formula is C18H24N2O4. The first-order valence-corrected chi connectivity index (χ1v) is 8.51. The predicted octanol–water partition coefficient (Wildman–Crippen LogP) is 0.995. The third-order valence-electron chi connectivity index (χ3n) is 5.09. The zero-order chi connectivity index (χ0) is 17.1. The SMILES string of the molecule is O=C(CCC(=O)N1CC2CC(O)C(O)CC2C1)Nc1ccccc1. The number of nitrogens with one attached hydrogen (secondary N) is 1. The van der Waals surface area contributed by atoms with Gasteiger partial charge in [-0.3, -0.25) is 9.59 Å². The minimum absolute atomic E-state index is 0.0309.